The van der Waals surface area contributed by atoms with Gasteiger partial charge in [0, 0.05) is 12.8 Å². The number of nitrogens with zero attached hydrogens (tertiary/aromatic N) is 2. The van der Waals surface area contributed by atoms with Crippen LogP contribution in [0.5, 0.6) is 0 Å². The molecule has 0 spiro atoms. The molecule has 0 bridgehead atoms. The Bertz CT molecular complexity index is 559. The van der Waals surface area contributed by atoms with Crippen LogP contribution in [0.25, 0.3) is 0 Å². The van der Waals surface area contributed by atoms with Crippen molar-refractivity contribution in [3.63, 3.8) is 0 Å². The van der Waals surface area contributed by atoms with Crippen LogP contribution in [0.2, 0.25) is 5.02 Å². The summed E-state index contributed by atoms with van der Waals surface area (Å²) in [4.78, 5) is 4.19. The third-order valence-electron chi connectivity index (χ3n) is 2.56. The Morgan fingerprint density at radius 3 is 2.89 bits per heavy atom. The fraction of sp³-hybridized carbons (Fsp3) is 0.250. The average molecular weight is 287 g/mol. The van der Waals surface area contributed by atoms with Gasteiger partial charge in [-0.1, -0.05) is 29.4 Å². The van der Waals surface area contributed by atoms with Crippen LogP contribution >= 0.6 is 23.4 Å². The van der Waals surface area contributed by atoms with E-state index in [4.69, 9.17) is 16.7 Å². The molecule has 1 N–H and O–H groups in total. The highest BCUT2D eigenvalue weighted by atomic mass is 35.5. The summed E-state index contributed by atoms with van der Waals surface area (Å²) in [5, 5.41) is 9.96. The molecule has 0 aliphatic heterocycles. The van der Waals surface area contributed by atoms with Gasteiger partial charge in [0.15, 0.2) is 5.16 Å². The number of hydrogen-bond donors (Lipinski definition) is 1. The van der Waals surface area contributed by atoms with Gasteiger partial charge in [0.25, 0.3) is 0 Å². The predicted molar refractivity (Wildman–Crippen MR) is 70.1 cm³/mol. The normalized spacial score (nSPS) is 10.9. The highest BCUT2D eigenvalue weighted by Crippen LogP contribution is 2.24. The fourth-order valence-corrected chi connectivity index (χ4v) is 2.52. The highest BCUT2D eigenvalue weighted by Gasteiger charge is 2.07. The molecule has 1 aromatic heterocycles. The predicted octanol–water partition coefficient (Wildman–Crippen LogP) is 3.00. The number of aliphatic hydroxyl groups excluding tert-OH is 1. The summed E-state index contributed by atoms with van der Waals surface area (Å²) in [7, 11) is 1.84. The largest absolute Gasteiger partial charge is 0.390 e. The second-order valence-electron chi connectivity index (χ2n) is 3.79. The lowest BCUT2D eigenvalue weighted by molar-refractivity contribution is 0.271. The smallest absolute Gasteiger partial charge is 0.168 e. The van der Waals surface area contributed by atoms with Gasteiger partial charge in [-0.15, -0.1) is 0 Å². The second kappa shape index (κ2) is 5.73. The number of hydrogen-bond acceptors (Lipinski definition) is 3. The Kier molecular flexibility index (Phi) is 4.27. The molecule has 18 heavy (non-hydrogen) atoms. The molecule has 0 radical (unpaired) electrons. The van der Waals surface area contributed by atoms with Crippen LogP contribution in [0, 0.1) is 5.82 Å². The zero-order valence-electron chi connectivity index (χ0n) is 9.73. The van der Waals surface area contributed by atoms with Gasteiger partial charge < -0.3 is 9.67 Å². The van der Waals surface area contributed by atoms with Gasteiger partial charge in [-0.3, -0.25) is 0 Å². The van der Waals surface area contributed by atoms with E-state index in [0.29, 0.717) is 5.75 Å². The topological polar surface area (TPSA) is 38.0 Å². The Morgan fingerprint density at radius 2 is 2.28 bits per heavy atom. The van der Waals surface area contributed by atoms with Gasteiger partial charge in [0.05, 0.1) is 23.5 Å². The molecular weight excluding hydrogens is 275 g/mol. The fourth-order valence-electron chi connectivity index (χ4n) is 1.48. The summed E-state index contributed by atoms with van der Waals surface area (Å²) < 4.78 is 15.1. The van der Waals surface area contributed by atoms with Gasteiger partial charge in [-0.05, 0) is 17.7 Å². The van der Waals surface area contributed by atoms with Crippen LogP contribution in [0.15, 0.2) is 29.6 Å². The molecular formula is C12H12ClFN2OS. The van der Waals surface area contributed by atoms with E-state index in [0.717, 1.165) is 16.4 Å². The first kappa shape index (κ1) is 13.4. The Labute approximate surface area is 114 Å². The van der Waals surface area contributed by atoms with Crippen LogP contribution in [0.4, 0.5) is 4.39 Å². The number of thioether (sulfide) groups is 1. The molecule has 0 saturated carbocycles. The maximum Gasteiger partial charge on any atom is 0.168 e. The molecule has 3 nitrogen and oxygen atoms in total. The van der Waals surface area contributed by atoms with Gasteiger partial charge in [0.2, 0.25) is 0 Å². The van der Waals surface area contributed by atoms with E-state index < -0.39 is 5.82 Å². The summed E-state index contributed by atoms with van der Waals surface area (Å²) in [6.07, 6.45) is 1.63. The maximum atomic E-state index is 13.2. The number of aromatic nitrogens is 2. The Morgan fingerprint density at radius 1 is 1.50 bits per heavy atom. The lowest BCUT2D eigenvalue weighted by Crippen LogP contribution is -1.97. The van der Waals surface area contributed by atoms with Crippen LogP contribution < -0.4 is 0 Å². The molecule has 0 atom stereocenters. The van der Waals surface area contributed by atoms with Crippen molar-refractivity contribution < 1.29 is 9.50 Å². The van der Waals surface area contributed by atoms with Crippen molar-refractivity contribution in [2.45, 2.75) is 17.5 Å². The van der Waals surface area contributed by atoms with Crippen LogP contribution in [0.3, 0.4) is 0 Å². The molecule has 0 aliphatic carbocycles. The van der Waals surface area contributed by atoms with E-state index in [1.165, 1.54) is 17.8 Å². The van der Waals surface area contributed by atoms with Crippen molar-refractivity contribution in [2.24, 2.45) is 7.05 Å². The molecule has 2 rings (SSSR count). The van der Waals surface area contributed by atoms with E-state index in [1.54, 1.807) is 18.3 Å². The summed E-state index contributed by atoms with van der Waals surface area (Å²) in [6.45, 7) is -0.0420. The number of rotatable bonds is 4. The second-order valence-corrected chi connectivity index (χ2v) is 5.14. The SMILES string of the molecule is Cn1c(CO)cnc1SCc1ccc(Cl)c(F)c1. The molecule has 0 amide bonds. The van der Waals surface area contributed by atoms with Crippen LogP contribution in [-0.2, 0) is 19.4 Å². The first-order valence-corrected chi connectivity index (χ1v) is 6.66. The molecule has 0 aliphatic rings. The lowest BCUT2D eigenvalue weighted by atomic mass is 10.2. The average Bonchev–Trinajstić information content (AvgIpc) is 2.72. The van der Waals surface area contributed by atoms with Crippen molar-refractivity contribution in [3.8, 4) is 0 Å². The molecule has 0 unspecified atom stereocenters. The summed E-state index contributed by atoms with van der Waals surface area (Å²) in [5.74, 6) is 0.190. The number of benzene rings is 1. The van der Waals surface area contributed by atoms with Crippen molar-refractivity contribution in [2.75, 3.05) is 0 Å². The molecule has 6 heteroatoms. The van der Waals surface area contributed by atoms with Crippen LogP contribution in [0.1, 0.15) is 11.3 Å². The van der Waals surface area contributed by atoms with Crippen molar-refractivity contribution in [1.29, 1.82) is 0 Å². The van der Waals surface area contributed by atoms with E-state index in [1.807, 2.05) is 11.6 Å². The minimum atomic E-state index is -0.411. The third kappa shape index (κ3) is 2.85. The van der Waals surface area contributed by atoms with Crippen LogP contribution in [-0.4, -0.2) is 14.7 Å². The number of halogens is 2. The summed E-state index contributed by atoms with van der Waals surface area (Å²) in [6, 6.07) is 4.75. The first-order chi connectivity index (χ1) is 8.61. The van der Waals surface area contributed by atoms with E-state index >= 15 is 0 Å². The summed E-state index contributed by atoms with van der Waals surface area (Å²) in [5.41, 5.74) is 1.59. The van der Waals surface area contributed by atoms with E-state index in [-0.39, 0.29) is 11.6 Å². The van der Waals surface area contributed by atoms with Gasteiger partial charge >= 0.3 is 0 Å². The molecule has 0 saturated heterocycles. The van der Waals surface area contributed by atoms with Gasteiger partial charge in [-0.2, -0.15) is 0 Å². The molecule has 2 aromatic rings. The Hall–Kier alpha value is -1.04. The van der Waals surface area contributed by atoms with Gasteiger partial charge in [-0.25, -0.2) is 9.37 Å². The molecule has 0 fully saturated rings. The Balaban J connectivity index is 2.06. The van der Waals surface area contributed by atoms with E-state index in [9.17, 15) is 4.39 Å². The molecule has 1 aromatic carbocycles. The minimum Gasteiger partial charge on any atom is -0.390 e. The lowest BCUT2D eigenvalue weighted by Gasteiger charge is -2.04. The van der Waals surface area contributed by atoms with Crippen molar-refractivity contribution in [3.05, 3.63) is 46.5 Å². The quantitative estimate of drug-likeness (QED) is 0.878. The van der Waals surface area contributed by atoms with E-state index in [2.05, 4.69) is 4.98 Å². The molecule has 96 valence electrons. The third-order valence-corrected chi connectivity index (χ3v) is 3.98. The zero-order valence-corrected chi connectivity index (χ0v) is 11.3. The van der Waals surface area contributed by atoms with Gasteiger partial charge in [0.1, 0.15) is 5.82 Å². The van der Waals surface area contributed by atoms with Crippen molar-refractivity contribution >= 4 is 23.4 Å². The first-order valence-electron chi connectivity index (χ1n) is 5.30. The standard InChI is InChI=1S/C12H12ClFN2OS/c1-16-9(6-17)5-15-12(16)18-7-8-2-3-10(13)11(14)4-8/h2-5,17H,6-7H2,1H3. The minimum absolute atomic E-state index is 0.0420. The van der Waals surface area contributed by atoms with Crippen molar-refractivity contribution in [1.82, 2.24) is 9.55 Å². The maximum absolute atomic E-state index is 13.2. The summed E-state index contributed by atoms with van der Waals surface area (Å²) >= 11 is 7.10. The number of imidazole rings is 1. The molecule has 1 heterocycles. The monoisotopic (exact) mass is 286 g/mol. The highest BCUT2D eigenvalue weighted by molar-refractivity contribution is 7.98. The number of aliphatic hydroxyl groups is 1. The zero-order chi connectivity index (χ0) is 13.1.